The molecule has 0 bridgehead atoms. The zero-order valence-corrected chi connectivity index (χ0v) is 13.2. The second-order valence-electron chi connectivity index (χ2n) is 5.33. The topological polar surface area (TPSA) is 25.8 Å². The Bertz CT molecular complexity index is 562. The average molecular weight is 337 g/mol. The fourth-order valence-electron chi connectivity index (χ4n) is 2.76. The van der Waals surface area contributed by atoms with Crippen molar-refractivity contribution in [3.8, 4) is 0 Å². The van der Waals surface area contributed by atoms with Crippen LogP contribution in [0.25, 0.3) is 10.9 Å². The highest BCUT2D eigenvalue weighted by Crippen LogP contribution is 2.43. The molecule has 3 rings (SSSR count). The molecule has 0 radical (unpaired) electrons. The van der Waals surface area contributed by atoms with Crippen LogP contribution in [0, 0.1) is 5.41 Å². The van der Waals surface area contributed by atoms with Gasteiger partial charge in [-0.15, -0.1) is 11.8 Å². The van der Waals surface area contributed by atoms with Crippen LogP contribution >= 0.6 is 27.7 Å². The van der Waals surface area contributed by atoms with E-state index in [2.05, 4.69) is 44.1 Å². The molecule has 2 nitrogen and oxygen atoms in total. The maximum atomic E-state index is 4.47. The molecule has 1 aliphatic rings. The van der Waals surface area contributed by atoms with Gasteiger partial charge in [0.25, 0.3) is 0 Å². The molecule has 0 aliphatic heterocycles. The van der Waals surface area contributed by atoms with Gasteiger partial charge in [0, 0.05) is 16.5 Å². The van der Waals surface area contributed by atoms with Crippen LogP contribution in [0.15, 0.2) is 35.6 Å². The Balaban J connectivity index is 1.82. The fourth-order valence-corrected chi connectivity index (χ4v) is 5.06. The number of benzene rings is 1. The molecule has 0 unspecified atom stereocenters. The Kier molecular flexibility index (Phi) is 4.08. The summed E-state index contributed by atoms with van der Waals surface area (Å²) in [6.07, 6.45) is 7.11. The minimum absolute atomic E-state index is 0.469. The largest absolute Gasteiger partial charge is 0.236 e. The first kappa shape index (κ1) is 13.4. The number of nitrogens with zero attached hydrogens (tertiary/aromatic N) is 2. The number of fused-ring (bicyclic) bond motifs is 1. The third-order valence-electron chi connectivity index (χ3n) is 3.97. The molecule has 1 aromatic carbocycles. The predicted octanol–water partition coefficient (Wildman–Crippen LogP) is 4.68. The third-order valence-corrected chi connectivity index (χ3v) is 6.51. The summed E-state index contributed by atoms with van der Waals surface area (Å²) in [6.45, 7) is 0. The van der Waals surface area contributed by atoms with Crippen molar-refractivity contribution in [3.05, 3.63) is 30.6 Å². The van der Waals surface area contributed by atoms with Crippen molar-refractivity contribution in [1.29, 1.82) is 0 Å². The molecule has 1 aliphatic carbocycles. The van der Waals surface area contributed by atoms with Crippen LogP contribution in [0.3, 0.4) is 0 Å². The molecule has 0 N–H and O–H groups in total. The Morgan fingerprint density at radius 3 is 2.74 bits per heavy atom. The lowest BCUT2D eigenvalue weighted by Crippen LogP contribution is -2.21. The second-order valence-corrected chi connectivity index (χ2v) is 6.85. The zero-order chi connectivity index (χ0) is 13.1. The Hall–Kier alpha value is -0.610. The highest BCUT2D eigenvalue weighted by Gasteiger charge is 2.32. The average Bonchev–Trinajstić information content (AvgIpc) is 2.94. The predicted molar refractivity (Wildman–Crippen MR) is 85.0 cm³/mol. The summed E-state index contributed by atoms with van der Waals surface area (Å²) in [4.78, 5) is 8.80. The molecule has 0 amide bonds. The molecule has 1 aromatic heterocycles. The van der Waals surface area contributed by atoms with Crippen LogP contribution in [-0.4, -0.2) is 21.1 Å². The van der Waals surface area contributed by atoms with Gasteiger partial charge >= 0.3 is 0 Å². The highest BCUT2D eigenvalue weighted by molar-refractivity contribution is 9.09. The van der Waals surface area contributed by atoms with Crippen LogP contribution in [0.4, 0.5) is 0 Å². The SMILES string of the molecule is BrCC1(CSc2ncnc3ccccc23)CCCC1. The van der Waals surface area contributed by atoms with Gasteiger partial charge in [-0.3, -0.25) is 0 Å². The van der Waals surface area contributed by atoms with E-state index in [9.17, 15) is 0 Å². The minimum atomic E-state index is 0.469. The molecular weight excluding hydrogens is 320 g/mol. The first-order valence-corrected chi connectivity index (χ1v) is 8.82. The van der Waals surface area contributed by atoms with E-state index in [-0.39, 0.29) is 0 Å². The zero-order valence-electron chi connectivity index (χ0n) is 10.8. The van der Waals surface area contributed by atoms with Crippen molar-refractivity contribution in [2.24, 2.45) is 5.41 Å². The van der Waals surface area contributed by atoms with Gasteiger partial charge in [-0.05, 0) is 24.3 Å². The summed E-state index contributed by atoms with van der Waals surface area (Å²) in [5, 5.41) is 3.41. The normalized spacial score (nSPS) is 17.9. The van der Waals surface area contributed by atoms with Crippen molar-refractivity contribution >= 4 is 38.6 Å². The molecule has 1 saturated carbocycles. The number of hydrogen-bond acceptors (Lipinski definition) is 3. The molecule has 0 atom stereocenters. The number of thioether (sulfide) groups is 1. The van der Waals surface area contributed by atoms with Gasteiger partial charge in [0.15, 0.2) is 0 Å². The van der Waals surface area contributed by atoms with E-state index in [4.69, 9.17) is 0 Å². The smallest absolute Gasteiger partial charge is 0.117 e. The summed E-state index contributed by atoms with van der Waals surface area (Å²) in [7, 11) is 0. The van der Waals surface area contributed by atoms with E-state index in [1.54, 1.807) is 6.33 Å². The number of rotatable bonds is 4. The molecule has 0 saturated heterocycles. The van der Waals surface area contributed by atoms with Crippen LogP contribution in [0.5, 0.6) is 0 Å². The minimum Gasteiger partial charge on any atom is -0.236 e. The Morgan fingerprint density at radius 1 is 1.16 bits per heavy atom. The van der Waals surface area contributed by atoms with Crippen LogP contribution in [0.1, 0.15) is 25.7 Å². The van der Waals surface area contributed by atoms with Gasteiger partial charge in [0.05, 0.1) is 5.52 Å². The van der Waals surface area contributed by atoms with Gasteiger partial charge in [-0.25, -0.2) is 9.97 Å². The summed E-state index contributed by atoms with van der Waals surface area (Å²) >= 11 is 5.60. The molecule has 0 spiro atoms. The molecule has 2 aromatic rings. The van der Waals surface area contributed by atoms with Gasteiger partial charge in [-0.2, -0.15) is 0 Å². The van der Waals surface area contributed by atoms with Crippen molar-refractivity contribution in [1.82, 2.24) is 9.97 Å². The summed E-state index contributed by atoms with van der Waals surface area (Å²) in [5.41, 5.74) is 1.51. The summed E-state index contributed by atoms with van der Waals surface area (Å²) < 4.78 is 0. The van der Waals surface area contributed by atoms with E-state index in [0.29, 0.717) is 5.41 Å². The maximum absolute atomic E-state index is 4.47. The number of hydrogen-bond donors (Lipinski definition) is 0. The van der Waals surface area contributed by atoms with Gasteiger partial charge < -0.3 is 0 Å². The van der Waals surface area contributed by atoms with E-state index >= 15 is 0 Å². The number of halogens is 1. The van der Waals surface area contributed by atoms with E-state index < -0.39 is 0 Å². The van der Waals surface area contributed by atoms with Crippen molar-refractivity contribution in [3.63, 3.8) is 0 Å². The van der Waals surface area contributed by atoms with Crippen LogP contribution in [-0.2, 0) is 0 Å². The number of alkyl halides is 1. The fraction of sp³-hybridized carbons (Fsp3) is 0.467. The Morgan fingerprint density at radius 2 is 1.95 bits per heavy atom. The van der Waals surface area contributed by atoms with Gasteiger partial charge in [0.2, 0.25) is 0 Å². The van der Waals surface area contributed by atoms with E-state index in [1.807, 2.05) is 17.8 Å². The monoisotopic (exact) mass is 336 g/mol. The molecule has 19 heavy (non-hydrogen) atoms. The highest BCUT2D eigenvalue weighted by atomic mass is 79.9. The quantitative estimate of drug-likeness (QED) is 0.460. The van der Waals surface area contributed by atoms with E-state index in [1.165, 1.54) is 31.1 Å². The first-order chi connectivity index (χ1) is 9.33. The molecule has 100 valence electrons. The molecule has 1 heterocycles. The molecule has 4 heteroatoms. The summed E-state index contributed by atoms with van der Waals surface area (Å²) in [6, 6.07) is 8.26. The maximum Gasteiger partial charge on any atom is 0.117 e. The number of aromatic nitrogens is 2. The molecular formula is C15H17BrN2S. The van der Waals surface area contributed by atoms with Crippen molar-refractivity contribution < 1.29 is 0 Å². The van der Waals surface area contributed by atoms with Crippen molar-refractivity contribution in [2.75, 3.05) is 11.1 Å². The Labute approximate surface area is 126 Å². The summed E-state index contributed by atoms with van der Waals surface area (Å²) in [5.74, 6) is 1.15. The van der Waals surface area contributed by atoms with Crippen LogP contribution < -0.4 is 0 Å². The van der Waals surface area contributed by atoms with Crippen LogP contribution in [0.2, 0.25) is 0 Å². The first-order valence-electron chi connectivity index (χ1n) is 6.72. The standard InChI is InChI=1S/C15H17BrN2S/c16-9-15(7-3-4-8-15)10-19-14-12-5-1-2-6-13(12)17-11-18-14/h1-2,5-6,11H,3-4,7-10H2. The van der Waals surface area contributed by atoms with Gasteiger partial charge in [-0.1, -0.05) is 47.0 Å². The number of para-hydroxylation sites is 1. The second kappa shape index (κ2) is 5.80. The van der Waals surface area contributed by atoms with E-state index in [0.717, 1.165) is 21.6 Å². The van der Waals surface area contributed by atoms with Gasteiger partial charge in [0.1, 0.15) is 11.4 Å². The lowest BCUT2D eigenvalue weighted by Gasteiger charge is -2.25. The lowest BCUT2D eigenvalue weighted by atomic mass is 9.92. The third kappa shape index (κ3) is 2.79. The molecule has 1 fully saturated rings. The lowest BCUT2D eigenvalue weighted by molar-refractivity contribution is 0.405. The van der Waals surface area contributed by atoms with Crippen molar-refractivity contribution in [2.45, 2.75) is 30.7 Å².